The molecule has 0 unspecified atom stereocenters. The molecule has 118 valence electrons. The van der Waals surface area contributed by atoms with E-state index in [1.54, 1.807) is 6.92 Å². The lowest BCUT2D eigenvalue weighted by Crippen LogP contribution is -2.26. The lowest BCUT2D eigenvalue weighted by molar-refractivity contribution is 0.0906. The standard InChI is InChI=1S/C15H11F2N3O2S/c1-8(11-6-3-7-23-11)18-13(21)15-20-19-14(22-15)12-9(16)4-2-5-10(12)17/h2-8H,1H3,(H,18,21)/t8-/m1/s1. The van der Waals surface area contributed by atoms with Gasteiger partial charge in [0.25, 0.3) is 5.89 Å². The number of hydrogen-bond donors (Lipinski definition) is 1. The summed E-state index contributed by atoms with van der Waals surface area (Å²) in [6.07, 6.45) is 0. The Bertz CT molecular complexity index is 813. The summed E-state index contributed by atoms with van der Waals surface area (Å²) in [5, 5.41) is 11.7. The maximum Gasteiger partial charge on any atom is 0.309 e. The highest BCUT2D eigenvalue weighted by atomic mass is 32.1. The van der Waals surface area contributed by atoms with Crippen molar-refractivity contribution in [3.05, 3.63) is 58.1 Å². The first-order valence-corrected chi connectivity index (χ1v) is 7.56. The van der Waals surface area contributed by atoms with E-state index in [2.05, 4.69) is 15.5 Å². The first-order valence-electron chi connectivity index (χ1n) is 6.68. The predicted molar refractivity (Wildman–Crippen MR) is 79.9 cm³/mol. The highest BCUT2D eigenvalue weighted by molar-refractivity contribution is 7.10. The Morgan fingerprint density at radius 1 is 1.22 bits per heavy atom. The van der Waals surface area contributed by atoms with Crippen LogP contribution in [0.15, 0.2) is 40.1 Å². The summed E-state index contributed by atoms with van der Waals surface area (Å²) >= 11 is 1.49. The van der Waals surface area contributed by atoms with Gasteiger partial charge in [-0.05, 0) is 30.5 Å². The summed E-state index contributed by atoms with van der Waals surface area (Å²) in [5.41, 5.74) is -0.453. The van der Waals surface area contributed by atoms with Crippen LogP contribution < -0.4 is 5.32 Å². The van der Waals surface area contributed by atoms with Crippen molar-refractivity contribution in [3.63, 3.8) is 0 Å². The molecule has 0 radical (unpaired) electrons. The number of halogens is 2. The molecule has 0 aliphatic rings. The molecule has 1 amide bonds. The quantitative estimate of drug-likeness (QED) is 0.791. The van der Waals surface area contributed by atoms with Crippen LogP contribution in [-0.4, -0.2) is 16.1 Å². The lowest BCUT2D eigenvalue weighted by atomic mass is 10.2. The summed E-state index contributed by atoms with van der Waals surface area (Å²) in [6.45, 7) is 1.80. The number of amides is 1. The molecule has 0 saturated heterocycles. The molecule has 2 aromatic heterocycles. The van der Waals surface area contributed by atoms with E-state index in [9.17, 15) is 13.6 Å². The second-order valence-corrected chi connectivity index (χ2v) is 5.70. The third-order valence-corrected chi connectivity index (χ3v) is 4.17. The number of nitrogens with one attached hydrogen (secondary N) is 1. The molecule has 0 fully saturated rings. The van der Waals surface area contributed by atoms with Crippen LogP contribution in [0.3, 0.4) is 0 Å². The first kappa shape index (κ1) is 15.3. The zero-order valence-electron chi connectivity index (χ0n) is 11.9. The molecular formula is C15H11F2N3O2S. The van der Waals surface area contributed by atoms with E-state index in [0.717, 1.165) is 17.0 Å². The average Bonchev–Trinajstić information content (AvgIpc) is 3.19. The topological polar surface area (TPSA) is 68.0 Å². The van der Waals surface area contributed by atoms with Gasteiger partial charge in [-0.25, -0.2) is 8.78 Å². The number of rotatable bonds is 4. The van der Waals surface area contributed by atoms with E-state index < -0.39 is 23.1 Å². The Hall–Kier alpha value is -2.61. The minimum Gasteiger partial charge on any atom is -0.412 e. The predicted octanol–water partition coefficient (Wildman–Crippen LogP) is 3.57. The maximum absolute atomic E-state index is 13.7. The summed E-state index contributed by atoms with van der Waals surface area (Å²) in [5.74, 6) is -3.03. The Morgan fingerprint density at radius 2 is 1.96 bits per heavy atom. The summed E-state index contributed by atoms with van der Waals surface area (Å²) in [6, 6.07) is 6.87. The van der Waals surface area contributed by atoms with Crippen LogP contribution in [-0.2, 0) is 0 Å². The largest absolute Gasteiger partial charge is 0.412 e. The van der Waals surface area contributed by atoms with E-state index in [1.165, 1.54) is 17.4 Å². The molecule has 1 aromatic carbocycles. The molecule has 0 aliphatic carbocycles. The minimum absolute atomic E-state index is 0.247. The zero-order chi connectivity index (χ0) is 16.4. The average molecular weight is 335 g/mol. The van der Waals surface area contributed by atoms with Gasteiger partial charge < -0.3 is 9.73 Å². The molecule has 3 rings (SSSR count). The molecule has 3 aromatic rings. The van der Waals surface area contributed by atoms with Crippen LogP contribution in [0.2, 0.25) is 0 Å². The Labute approximate surface area is 134 Å². The van der Waals surface area contributed by atoms with E-state index in [-0.39, 0.29) is 17.8 Å². The lowest BCUT2D eigenvalue weighted by Gasteiger charge is -2.09. The second-order valence-electron chi connectivity index (χ2n) is 4.72. The first-order chi connectivity index (χ1) is 11.1. The number of nitrogens with zero attached hydrogens (tertiary/aromatic N) is 2. The molecule has 0 spiro atoms. The van der Waals surface area contributed by atoms with Gasteiger partial charge in [0.2, 0.25) is 0 Å². The molecule has 2 heterocycles. The summed E-state index contributed by atoms with van der Waals surface area (Å²) in [7, 11) is 0. The van der Waals surface area contributed by atoms with Gasteiger partial charge in [-0.1, -0.05) is 12.1 Å². The van der Waals surface area contributed by atoms with Crippen LogP contribution in [0.5, 0.6) is 0 Å². The van der Waals surface area contributed by atoms with Crippen LogP contribution in [0, 0.1) is 11.6 Å². The smallest absolute Gasteiger partial charge is 0.309 e. The van der Waals surface area contributed by atoms with E-state index in [4.69, 9.17) is 4.42 Å². The van der Waals surface area contributed by atoms with Crippen molar-refractivity contribution in [1.29, 1.82) is 0 Å². The van der Waals surface area contributed by atoms with Crippen molar-refractivity contribution in [2.24, 2.45) is 0 Å². The van der Waals surface area contributed by atoms with Gasteiger partial charge in [0.1, 0.15) is 17.2 Å². The molecule has 23 heavy (non-hydrogen) atoms. The van der Waals surface area contributed by atoms with Gasteiger partial charge in [-0.3, -0.25) is 4.79 Å². The van der Waals surface area contributed by atoms with Crippen LogP contribution >= 0.6 is 11.3 Å². The number of thiophene rings is 1. The zero-order valence-corrected chi connectivity index (χ0v) is 12.7. The number of carbonyl (C=O) groups excluding carboxylic acids is 1. The third kappa shape index (κ3) is 3.11. The van der Waals surface area contributed by atoms with Crippen LogP contribution in [0.4, 0.5) is 8.78 Å². The third-order valence-electron chi connectivity index (χ3n) is 3.11. The van der Waals surface area contributed by atoms with Gasteiger partial charge in [-0.15, -0.1) is 21.5 Å². The maximum atomic E-state index is 13.7. The molecule has 5 nitrogen and oxygen atoms in total. The van der Waals surface area contributed by atoms with E-state index in [1.807, 2.05) is 17.5 Å². The molecule has 8 heteroatoms. The summed E-state index contributed by atoms with van der Waals surface area (Å²) in [4.78, 5) is 13.0. The highest BCUT2D eigenvalue weighted by Crippen LogP contribution is 2.25. The number of benzene rings is 1. The van der Waals surface area contributed by atoms with Crippen molar-refractivity contribution < 1.29 is 18.0 Å². The van der Waals surface area contributed by atoms with Gasteiger partial charge >= 0.3 is 11.8 Å². The monoisotopic (exact) mass is 335 g/mol. The van der Waals surface area contributed by atoms with Gasteiger partial charge in [0.05, 0.1) is 6.04 Å². The highest BCUT2D eigenvalue weighted by Gasteiger charge is 2.22. The fourth-order valence-electron chi connectivity index (χ4n) is 1.99. The van der Waals surface area contributed by atoms with E-state index >= 15 is 0 Å². The Kier molecular flexibility index (Phi) is 4.16. The van der Waals surface area contributed by atoms with Crippen LogP contribution in [0.1, 0.15) is 28.5 Å². The molecule has 0 aliphatic heterocycles. The molecule has 0 saturated carbocycles. The molecule has 1 N–H and O–H groups in total. The van der Waals surface area contributed by atoms with Gasteiger partial charge in [0, 0.05) is 4.88 Å². The van der Waals surface area contributed by atoms with Crippen LogP contribution in [0.25, 0.3) is 11.5 Å². The van der Waals surface area contributed by atoms with Crippen molar-refractivity contribution in [3.8, 4) is 11.5 Å². The SMILES string of the molecule is C[C@@H](NC(=O)c1nnc(-c2c(F)cccc2F)o1)c1cccs1. The van der Waals surface area contributed by atoms with Gasteiger partial charge in [-0.2, -0.15) is 0 Å². The summed E-state index contributed by atoms with van der Waals surface area (Å²) < 4.78 is 32.5. The number of carbonyl (C=O) groups is 1. The van der Waals surface area contributed by atoms with Crippen molar-refractivity contribution >= 4 is 17.2 Å². The van der Waals surface area contributed by atoms with Gasteiger partial charge in [0.15, 0.2) is 0 Å². The molecule has 1 atom stereocenters. The van der Waals surface area contributed by atoms with E-state index in [0.29, 0.717) is 0 Å². The Balaban J connectivity index is 1.80. The van der Waals surface area contributed by atoms with Crippen molar-refractivity contribution in [2.45, 2.75) is 13.0 Å². The molecular weight excluding hydrogens is 324 g/mol. The fourth-order valence-corrected chi connectivity index (χ4v) is 2.72. The number of hydrogen-bond acceptors (Lipinski definition) is 5. The molecule has 0 bridgehead atoms. The number of aromatic nitrogens is 2. The minimum atomic E-state index is -0.840. The fraction of sp³-hybridized carbons (Fsp3) is 0.133. The Morgan fingerprint density at radius 3 is 2.61 bits per heavy atom. The second kappa shape index (κ2) is 6.25. The van der Waals surface area contributed by atoms with Crippen molar-refractivity contribution in [1.82, 2.24) is 15.5 Å². The normalized spacial score (nSPS) is 12.1. The van der Waals surface area contributed by atoms with Crippen molar-refractivity contribution in [2.75, 3.05) is 0 Å².